The van der Waals surface area contributed by atoms with Gasteiger partial charge in [0.15, 0.2) is 0 Å². The lowest BCUT2D eigenvalue weighted by atomic mass is 9.69. The van der Waals surface area contributed by atoms with E-state index in [4.69, 9.17) is 18.9 Å². The highest BCUT2D eigenvalue weighted by Crippen LogP contribution is 2.47. The molecule has 6 nitrogen and oxygen atoms in total. The first kappa shape index (κ1) is 31.1. The Hall–Kier alpha value is -4.29. The monoisotopic (exact) mass is 593 g/mol. The molecule has 1 N–H and O–H groups in total. The molecule has 0 aromatic heterocycles. The van der Waals surface area contributed by atoms with Crippen LogP contribution in [-0.2, 0) is 22.5 Å². The number of nitrogens with one attached hydrogen (secondary N) is 1. The van der Waals surface area contributed by atoms with E-state index in [1.54, 1.807) is 0 Å². The normalized spacial score (nSPS) is 16.1. The van der Waals surface area contributed by atoms with Crippen LogP contribution in [0.25, 0.3) is 0 Å². The summed E-state index contributed by atoms with van der Waals surface area (Å²) in [6.07, 6.45) is 1.65. The minimum Gasteiger partial charge on any atom is -0.491 e. The number of benzene rings is 4. The lowest BCUT2D eigenvalue weighted by Gasteiger charge is -2.35. The largest absolute Gasteiger partial charge is 0.491 e. The van der Waals surface area contributed by atoms with Crippen molar-refractivity contribution in [3.8, 4) is 11.5 Å². The molecule has 0 bridgehead atoms. The standard InChI is InChI=1S/C38H43NO5/c1-38(2,3)44-37(40)39-22-23-41-24-25-42-32-17-14-30(15-18-32)36-34(29-12-8-5-9-13-29)20-16-31-26-33(19-21-35(31)36)43-27-28-10-6-4-7-11-28/h4-15,17-19,21,26,34,36H,16,20,22-25,27H2,1-3H3,(H,39,40). The van der Waals surface area contributed by atoms with E-state index >= 15 is 0 Å². The minimum absolute atomic E-state index is 0.235. The molecule has 2 atom stereocenters. The molecule has 0 fully saturated rings. The lowest BCUT2D eigenvalue weighted by Crippen LogP contribution is -2.34. The van der Waals surface area contributed by atoms with Crippen LogP contribution >= 0.6 is 0 Å². The van der Waals surface area contributed by atoms with Crippen LogP contribution in [0.3, 0.4) is 0 Å². The Kier molecular flexibility index (Phi) is 10.6. The smallest absolute Gasteiger partial charge is 0.407 e. The highest BCUT2D eigenvalue weighted by molar-refractivity contribution is 5.67. The fourth-order valence-corrected chi connectivity index (χ4v) is 5.73. The zero-order valence-electron chi connectivity index (χ0n) is 26.0. The summed E-state index contributed by atoms with van der Waals surface area (Å²) in [5.74, 6) is 2.34. The average molecular weight is 594 g/mol. The van der Waals surface area contributed by atoms with Gasteiger partial charge in [0, 0.05) is 12.5 Å². The number of rotatable bonds is 12. The number of amides is 1. The molecule has 4 aromatic rings. The van der Waals surface area contributed by atoms with Gasteiger partial charge >= 0.3 is 6.09 Å². The minimum atomic E-state index is -0.516. The average Bonchev–Trinajstić information content (AvgIpc) is 3.03. The molecule has 6 heteroatoms. The number of fused-ring (bicyclic) bond motifs is 1. The molecule has 1 aliphatic carbocycles. The molecule has 0 aliphatic heterocycles. The second-order valence-corrected chi connectivity index (χ2v) is 12.1. The first-order chi connectivity index (χ1) is 21.4. The third-order valence-corrected chi connectivity index (χ3v) is 7.70. The SMILES string of the molecule is CC(C)(C)OC(=O)NCCOCCOc1ccc(C2c3ccc(OCc4ccccc4)cc3CCC2c2ccccc2)cc1. The van der Waals surface area contributed by atoms with Crippen LogP contribution in [0.1, 0.15) is 66.8 Å². The third kappa shape index (κ3) is 8.87. The summed E-state index contributed by atoms with van der Waals surface area (Å²) in [6.45, 7) is 7.70. The van der Waals surface area contributed by atoms with Gasteiger partial charge in [-0.1, -0.05) is 78.9 Å². The summed E-state index contributed by atoms with van der Waals surface area (Å²) in [4.78, 5) is 11.7. The molecule has 0 spiro atoms. The third-order valence-electron chi connectivity index (χ3n) is 7.70. The molecule has 0 saturated heterocycles. The van der Waals surface area contributed by atoms with Gasteiger partial charge in [0.1, 0.15) is 30.3 Å². The molecule has 1 amide bonds. The van der Waals surface area contributed by atoms with Gasteiger partial charge in [0.05, 0.1) is 13.2 Å². The summed E-state index contributed by atoms with van der Waals surface area (Å²) in [5.41, 5.74) is 6.00. The van der Waals surface area contributed by atoms with Crippen molar-refractivity contribution in [2.75, 3.05) is 26.4 Å². The van der Waals surface area contributed by atoms with Crippen molar-refractivity contribution in [1.29, 1.82) is 0 Å². The number of alkyl carbamates (subject to hydrolysis) is 1. The van der Waals surface area contributed by atoms with Crippen molar-refractivity contribution in [3.63, 3.8) is 0 Å². The Morgan fingerprint density at radius 1 is 0.773 bits per heavy atom. The van der Waals surface area contributed by atoms with Gasteiger partial charge in [-0.15, -0.1) is 0 Å². The fourth-order valence-electron chi connectivity index (χ4n) is 5.73. The van der Waals surface area contributed by atoms with Crippen LogP contribution in [0.4, 0.5) is 4.79 Å². The molecule has 1 aliphatic rings. The molecule has 2 unspecified atom stereocenters. The Morgan fingerprint density at radius 3 is 2.20 bits per heavy atom. The van der Waals surface area contributed by atoms with Gasteiger partial charge in [-0.2, -0.15) is 0 Å². The number of carbonyl (C=O) groups excluding carboxylic acids is 1. The van der Waals surface area contributed by atoms with Crippen molar-refractivity contribution in [3.05, 3.63) is 131 Å². The van der Waals surface area contributed by atoms with Crippen molar-refractivity contribution in [2.24, 2.45) is 0 Å². The summed E-state index contributed by atoms with van der Waals surface area (Å²) in [7, 11) is 0. The quantitative estimate of drug-likeness (QED) is 0.168. The molecule has 44 heavy (non-hydrogen) atoms. The van der Waals surface area contributed by atoms with Gasteiger partial charge in [0.2, 0.25) is 0 Å². The van der Waals surface area contributed by atoms with E-state index in [1.165, 1.54) is 22.3 Å². The van der Waals surface area contributed by atoms with Crippen LogP contribution < -0.4 is 14.8 Å². The Labute approximate surface area is 261 Å². The highest BCUT2D eigenvalue weighted by atomic mass is 16.6. The van der Waals surface area contributed by atoms with E-state index < -0.39 is 11.7 Å². The topological polar surface area (TPSA) is 66.0 Å². The Bertz CT molecular complexity index is 1470. The van der Waals surface area contributed by atoms with Gasteiger partial charge in [-0.05, 0) is 91.6 Å². The summed E-state index contributed by atoms with van der Waals surface area (Å²) < 4.78 is 22.9. The molecule has 0 radical (unpaired) electrons. The zero-order valence-corrected chi connectivity index (χ0v) is 26.0. The summed E-state index contributed by atoms with van der Waals surface area (Å²) in [5, 5.41) is 2.69. The number of ether oxygens (including phenoxy) is 4. The van der Waals surface area contributed by atoms with Crippen LogP contribution in [0, 0.1) is 0 Å². The van der Waals surface area contributed by atoms with E-state index in [1.807, 2.05) is 51.1 Å². The number of hydrogen-bond donors (Lipinski definition) is 1. The second-order valence-electron chi connectivity index (χ2n) is 12.1. The highest BCUT2D eigenvalue weighted by Gasteiger charge is 2.32. The van der Waals surface area contributed by atoms with E-state index in [-0.39, 0.29) is 5.92 Å². The number of hydrogen-bond acceptors (Lipinski definition) is 5. The van der Waals surface area contributed by atoms with E-state index in [9.17, 15) is 4.79 Å². The molecule has 0 heterocycles. The molecule has 5 rings (SSSR count). The van der Waals surface area contributed by atoms with Crippen LogP contribution in [-0.4, -0.2) is 38.1 Å². The second kappa shape index (κ2) is 14.9. The molecule has 0 saturated carbocycles. The van der Waals surface area contributed by atoms with Crippen LogP contribution in [0.5, 0.6) is 11.5 Å². The van der Waals surface area contributed by atoms with Crippen molar-refractivity contribution in [1.82, 2.24) is 5.32 Å². The predicted molar refractivity (Wildman–Crippen MR) is 174 cm³/mol. The van der Waals surface area contributed by atoms with Gasteiger partial charge in [-0.25, -0.2) is 4.79 Å². The summed E-state index contributed by atoms with van der Waals surface area (Å²) in [6, 6.07) is 36.2. The Morgan fingerprint density at radius 2 is 1.48 bits per heavy atom. The van der Waals surface area contributed by atoms with Gasteiger partial charge in [-0.3, -0.25) is 0 Å². The molecular weight excluding hydrogens is 550 g/mol. The molecular formula is C38H43NO5. The van der Waals surface area contributed by atoms with Crippen molar-refractivity contribution >= 4 is 6.09 Å². The van der Waals surface area contributed by atoms with E-state index in [0.717, 1.165) is 29.9 Å². The summed E-state index contributed by atoms with van der Waals surface area (Å²) >= 11 is 0. The van der Waals surface area contributed by atoms with Crippen molar-refractivity contribution < 1.29 is 23.7 Å². The van der Waals surface area contributed by atoms with E-state index in [2.05, 4.69) is 78.1 Å². The lowest BCUT2D eigenvalue weighted by molar-refractivity contribution is 0.0489. The first-order valence-electron chi connectivity index (χ1n) is 15.5. The van der Waals surface area contributed by atoms with Crippen LogP contribution in [0.15, 0.2) is 103 Å². The number of carbonyl (C=O) groups is 1. The maximum atomic E-state index is 11.7. The van der Waals surface area contributed by atoms with E-state index in [0.29, 0.717) is 38.9 Å². The first-order valence-corrected chi connectivity index (χ1v) is 15.5. The zero-order chi connectivity index (χ0) is 30.8. The molecule has 4 aromatic carbocycles. The Balaban J connectivity index is 1.20. The fraction of sp³-hybridized carbons (Fsp3) is 0.342. The van der Waals surface area contributed by atoms with Crippen molar-refractivity contribution in [2.45, 2.75) is 57.7 Å². The molecule has 230 valence electrons. The van der Waals surface area contributed by atoms with Crippen LogP contribution in [0.2, 0.25) is 0 Å². The number of aryl methyl sites for hydroxylation is 1. The predicted octanol–water partition coefficient (Wildman–Crippen LogP) is 8.05. The maximum absolute atomic E-state index is 11.7. The van der Waals surface area contributed by atoms with Gasteiger partial charge in [0.25, 0.3) is 0 Å². The van der Waals surface area contributed by atoms with Gasteiger partial charge < -0.3 is 24.3 Å². The maximum Gasteiger partial charge on any atom is 0.407 e.